The van der Waals surface area contributed by atoms with Gasteiger partial charge in [-0.05, 0) is 129 Å². The van der Waals surface area contributed by atoms with Crippen LogP contribution in [0.5, 0.6) is 23.0 Å². The normalized spacial score (nSPS) is 12.8. The number of allylic oxidation sites excluding steroid dienone is 2. The highest BCUT2D eigenvalue weighted by Gasteiger charge is 2.31. The van der Waals surface area contributed by atoms with E-state index < -0.39 is 0 Å². The van der Waals surface area contributed by atoms with Crippen molar-refractivity contribution in [1.29, 1.82) is 0 Å². The van der Waals surface area contributed by atoms with Crippen molar-refractivity contribution in [3.63, 3.8) is 0 Å². The highest BCUT2D eigenvalue weighted by atomic mass is 16.5. The van der Waals surface area contributed by atoms with Gasteiger partial charge in [-0.1, -0.05) is 72.8 Å². The highest BCUT2D eigenvalue weighted by molar-refractivity contribution is 6.07. The zero-order chi connectivity index (χ0) is 43.3. The Morgan fingerprint density at radius 3 is 1.00 bits per heavy atom. The number of nitrogens with zero attached hydrogens (tertiary/aromatic N) is 2. The summed E-state index contributed by atoms with van der Waals surface area (Å²) in [4.78, 5) is 19.2. The van der Waals surface area contributed by atoms with Crippen LogP contribution in [0.1, 0.15) is 33.9 Å². The van der Waals surface area contributed by atoms with Gasteiger partial charge in [0.25, 0.3) is 0 Å². The highest BCUT2D eigenvalue weighted by Crippen LogP contribution is 2.48. The number of aromatic amines is 2. The molecule has 3 aromatic heterocycles. The van der Waals surface area contributed by atoms with Crippen molar-refractivity contribution in [2.24, 2.45) is 0 Å². The van der Waals surface area contributed by atoms with Crippen molar-refractivity contribution in [3.05, 3.63) is 179 Å². The fourth-order valence-electron chi connectivity index (χ4n) is 9.38. The summed E-state index contributed by atoms with van der Waals surface area (Å²) in [5.41, 5.74) is 20.3. The first-order valence-corrected chi connectivity index (χ1v) is 21.4. The third kappa shape index (κ3) is 6.71. The Morgan fingerprint density at radius 2 is 0.672 bits per heavy atom. The Morgan fingerprint density at radius 1 is 0.359 bits per heavy atom. The fraction of sp³-hybridized carbons (Fsp3) is 0.107. The second-order valence-corrected chi connectivity index (χ2v) is 16.1. The predicted molar refractivity (Wildman–Crippen MR) is 259 cm³/mol. The third-order valence-electron chi connectivity index (χ3n) is 12.6. The van der Waals surface area contributed by atoms with Crippen molar-refractivity contribution >= 4 is 45.4 Å². The number of nitrogens with one attached hydrogen (secondary N) is 2. The van der Waals surface area contributed by atoms with Gasteiger partial charge in [0.2, 0.25) is 0 Å². The predicted octanol–water partition coefficient (Wildman–Crippen LogP) is 12.9. The van der Waals surface area contributed by atoms with E-state index in [1.165, 1.54) is 22.3 Å². The maximum atomic E-state index is 5.85. The van der Waals surface area contributed by atoms with Crippen LogP contribution in [-0.2, 0) is 12.8 Å². The van der Waals surface area contributed by atoms with Crippen molar-refractivity contribution in [2.45, 2.75) is 12.8 Å². The van der Waals surface area contributed by atoms with Crippen LogP contribution in [0.3, 0.4) is 0 Å². The lowest BCUT2D eigenvalue weighted by Gasteiger charge is -2.20. The maximum Gasteiger partial charge on any atom is 0.118 e. The molecular formula is C56H44N4O4. The number of ether oxygens (including phenoxy) is 4. The van der Waals surface area contributed by atoms with Crippen molar-refractivity contribution in [2.75, 3.05) is 28.4 Å². The molecule has 5 heterocycles. The molecule has 0 unspecified atom stereocenters. The minimum absolute atomic E-state index is 0.742. The smallest absolute Gasteiger partial charge is 0.118 e. The number of rotatable bonds is 8. The molecule has 8 aromatic rings. The van der Waals surface area contributed by atoms with Gasteiger partial charge in [0.05, 0.1) is 51.2 Å². The first-order chi connectivity index (χ1) is 31.5. The van der Waals surface area contributed by atoms with E-state index in [9.17, 15) is 0 Å². The van der Waals surface area contributed by atoms with Crippen LogP contribution in [0.4, 0.5) is 0 Å². The monoisotopic (exact) mass is 836 g/mol. The average molecular weight is 837 g/mol. The van der Waals surface area contributed by atoms with E-state index in [1.807, 2.05) is 48.5 Å². The zero-order valence-corrected chi connectivity index (χ0v) is 36.0. The van der Waals surface area contributed by atoms with Crippen LogP contribution in [0, 0.1) is 0 Å². The quantitative estimate of drug-likeness (QED) is 0.158. The molecule has 11 rings (SSSR count). The Kier molecular flexibility index (Phi) is 9.69. The van der Waals surface area contributed by atoms with Gasteiger partial charge in [-0.15, -0.1) is 0 Å². The first kappa shape index (κ1) is 38.8. The average Bonchev–Trinajstić information content (AvgIpc) is 4.19. The summed E-state index contributed by atoms with van der Waals surface area (Å²) in [6.45, 7) is 0. The van der Waals surface area contributed by atoms with Crippen molar-refractivity contribution < 1.29 is 18.9 Å². The van der Waals surface area contributed by atoms with Crippen LogP contribution in [0.2, 0.25) is 0 Å². The molecular weight excluding hydrogens is 793 g/mol. The van der Waals surface area contributed by atoms with E-state index in [2.05, 4.69) is 119 Å². The second kappa shape index (κ2) is 16.0. The standard InChI is InChI=1S/C56H44N4O4/c1-61-39-17-9-33(10-18-39)51-45-25-26-46(57-45)52(34-11-19-40(62-2)20-12-34)48-28-30-50(59-48)54(36-15-23-42(64-4)24-16-36)56-44-32-38-8-6-5-7-37(38)31-43(44)55(60-56)53(49-29-27-47(51)58-49)35-13-21-41(63-3)22-14-35/h5-30,58-59H,31-32H2,1-4H3. The van der Waals surface area contributed by atoms with Crippen LogP contribution >= 0.6 is 0 Å². The van der Waals surface area contributed by atoms with Crippen molar-refractivity contribution in [1.82, 2.24) is 19.9 Å². The van der Waals surface area contributed by atoms with Gasteiger partial charge in [-0.3, -0.25) is 0 Å². The van der Waals surface area contributed by atoms with E-state index >= 15 is 0 Å². The van der Waals surface area contributed by atoms with E-state index in [0.717, 1.165) is 125 Å². The Bertz CT molecular complexity index is 3120. The molecule has 2 N–H and O–H groups in total. The molecule has 2 aliphatic heterocycles. The maximum absolute atomic E-state index is 5.85. The largest absolute Gasteiger partial charge is 0.497 e. The molecule has 64 heavy (non-hydrogen) atoms. The number of hydrogen-bond donors (Lipinski definition) is 2. The summed E-state index contributed by atoms with van der Waals surface area (Å²) >= 11 is 0. The first-order valence-electron chi connectivity index (χ1n) is 21.4. The fourth-order valence-corrected chi connectivity index (χ4v) is 9.38. The van der Waals surface area contributed by atoms with E-state index in [0.29, 0.717) is 0 Å². The molecule has 0 spiro atoms. The van der Waals surface area contributed by atoms with Crippen LogP contribution in [0.15, 0.2) is 146 Å². The van der Waals surface area contributed by atoms with Gasteiger partial charge in [-0.25, -0.2) is 9.97 Å². The van der Waals surface area contributed by atoms with E-state index in [-0.39, 0.29) is 0 Å². The number of aromatic nitrogens is 4. The van der Waals surface area contributed by atoms with Crippen LogP contribution < -0.4 is 18.9 Å². The Balaban J connectivity index is 1.33. The number of benzene rings is 5. The van der Waals surface area contributed by atoms with Gasteiger partial charge in [-0.2, -0.15) is 0 Å². The van der Waals surface area contributed by atoms with Gasteiger partial charge >= 0.3 is 0 Å². The molecule has 312 valence electrons. The molecule has 1 aliphatic carbocycles. The topological polar surface area (TPSA) is 94.3 Å². The third-order valence-corrected chi connectivity index (χ3v) is 12.6. The number of fused-ring (bicyclic) bond motifs is 11. The number of hydrogen-bond acceptors (Lipinski definition) is 6. The lowest BCUT2D eigenvalue weighted by molar-refractivity contribution is 0.415. The minimum Gasteiger partial charge on any atom is -0.497 e. The van der Waals surface area contributed by atoms with Gasteiger partial charge in [0, 0.05) is 57.2 Å². The molecule has 3 aliphatic rings. The molecule has 0 saturated carbocycles. The lowest BCUT2D eigenvalue weighted by Crippen LogP contribution is -2.05. The van der Waals surface area contributed by atoms with Crippen LogP contribution in [-0.4, -0.2) is 48.4 Å². The molecule has 5 aromatic carbocycles. The summed E-state index contributed by atoms with van der Waals surface area (Å²) < 4.78 is 22.5. The molecule has 8 bridgehead atoms. The molecule has 0 radical (unpaired) electrons. The summed E-state index contributed by atoms with van der Waals surface area (Å²) in [7, 11) is 6.77. The summed E-state index contributed by atoms with van der Waals surface area (Å²) in [6, 6.07) is 50.4. The molecule has 0 saturated heterocycles. The van der Waals surface area contributed by atoms with E-state index in [1.54, 1.807) is 28.4 Å². The summed E-state index contributed by atoms with van der Waals surface area (Å²) in [5.74, 6) is 3.13. The zero-order valence-electron chi connectivity index (χ0n) is 36.0. The van der Waals surface area contributed by atoms with Gasteiger partial charge < -0.3 is 28.9 Å². The molecule has 8 heteroatoms. The van der Waals surface area contributed by atoms with E-state index in [4.69, 9.17) is 28.9 Å². The van der Waals surface area contributed by atoms with Gasteiger partial charge in [0.1, 0.15) is 23.0 Å². The lowest BCUT2D eigenvalue weighted by atomic mass is 9.82. The minimum atomic E-state index is 0.742. The summed E-state index contributed by atoms with van der Waals surface area (Å²) in [5, 5.41) is 0. The SMILES string of the molecule is COc1ccc(-c2c3nc(c(-c4ccc(OC)cc4)c4ccc([nH]4)c(-c4ccc(OC)cc4)c4nc(c(-c5ccc(OC)cc5)c5ccc2[nH]5)C2=C4Cc4ccccc4C2)C=C3)cc1. The Hall–Kier alpha value is -8.10. The summed E-state index contributed by atoms with van der Waals surface area (Å²) in [6.07, 6.45) is 5.71. The molecule has 8 nitrogen and oxygen atoms in total. The van der Waals surface area contributed by atoms with Gasteiger partial charge in [0.15, 0.2) is 0 Å². The van der Waals surface area contributed by atoms with Crippen LogP contribution in [0.25, 0.3) is 89.9 Å². The molecule has 0 atom stereocenters. The number of H-pyrrole nitrogens is 2. The van der Waals surface area contributed by atoms with Crippen molar-refractivity contribution in [3.8, 4) is 67.5 Å². The Labute approximate surface area is 371 Å². The molecule has 0 fully saturated rings. The number of methoxy groups -OCH3 is 4. The molecule has 0 amide bonds. The second-order valence-electron chi connectivity index (χ2n) is 16.1.